The van der Waals surface area contributed by atoms with Crippen LogP contribution in [-0.2, 0) is 21.1 Å². The molecule has 1 atom stereocenters. The van der Waals surface area contributed by atoms with Crippen molar-refractivity contribution in [2.24, 2.45) is 0 Å². The quantitative estimate of drug-likeness (QED) is 0.824. The van der Waals surface area contributed by atoms with Gasteiger partial charge in [0.05, 0.1) is 25.1 Å². The fourth-order valence-corrected chi connectivity index (χ4v) is 2.66. The van der Waals surface area contributed by atoms with Crippen molar-refractivity contribution >= 4 is 15.7 Å². The Morgan fingerprint density at radius 2 is 2.40 bits per heavy atom. The molecule has 0 bridgehead atoms. The van der Waals surface area contributed by atoms with Crippen LogP contribution < -0.4 is 5.32 Å². The van der Waals surface area contributed by atoms with E-state index in [1.165, 1.54) is 0 Å². The van der Waals surface area contributed by atoms with Gasteiger partial charge in [-0.15, -0.1) is 0 Å². The number of allylic oxidation sites excluding steroid dienone is 1. The number of anilines is 1. The molecule has 1 aliphatic rings. The van der Waals surface area contributed by atoms with Gasteiger partial charge in [-0.25, -0.2) is 8.42 Å². The van der Waals surface area contributed by atoms with Crippen LogP contribution in [0.1, 0.15) is 19.8 Å². The number of rotatable bonds is 7. The molecule has 0 amide bonds. The molecule has 0 saturated heterocycles. The third-order valence-electron chi connectivity index (χ3n) is 3.25. The van der Waals surface area contributed by atoms with Gasteiger partial charge in [-0.1, -0.05) is 6.92 Å². The van der Waals surface area contributed by atoms with E-state index in [0.717, 1.165) is 18.7 Å². The number of nitrogens with one attached hydrogen (secondary N) is 1. The molecule has 1 aliphatic heterocycles. The topological polar surface area (TPSA) is 73.2 Å². The van der Waals surface area contributed by atoms with Crippen molar-refractivity contribution in [2.45, 2.75) is 32.4 Å². The summed E-state index contributed by atoms with van der Waals surface area (Å²) in [7, 11) is -2.95. The predicted octanol–water partition coefficient (Wildman–Crippen LogP) is 1.42. The van der Waals surface area contributed by atoms with Crippen LogP contribution in [0.5, 0.6) is 0 Å². The number of hydrogen-bond donors (Lipinski definition) is 1. The maximum atomic E-state index is 11.4. The molecule has 0 saturated carbocycles. The van der Waals surface area contributed by atoms with Crippen molar-refractivity contribution in [1.29, 1.82) is 0 Å². The van der Waals surface area contributed by atoms with Gasteiger partial charge < -0.3 is 10.1 Å². The van der Waals surface area contributed by atoms with Gasteiger partial charge in [0.2, 0.25) is 0 Å². The van der Waals surface area contributed by atoms with Gasteiger partial charge in [-0.2, -0.15) is 5.10 Å². The van der Waals surface area contributed by atoms with E-state index in [1.54, 1.807) is 24.1 Å². The second-order valence-corrected chi connectivity index (χ2v) is 7.26. The fourth-order valence-electron chi connectivity index (χ4n) is 1.91. The van der Waals surface area contributed by atoms with Crippen molar-refractivity contribution in [3.05, 3.63) is 24.6 Å². The van der Waals surface area contributed by atoms with Crippen molar-refractivity contribution in [3.63, 3.8) is 0 Å². The third-order valence-corrected chi connectivity index (χ3v) is 4.93. The highest BCUT2D eigenvalue weighted by molar-refractivity contribution is 7.91. The summed E-state index contributed by atoms with van der Waals surface area (Å²) >= 11 is 0. The Balaban J connectivity index is 1.78. The summed E-state index contributed by atoms with van der Waals surface area (Å²) in [5.74, 6) is 1.05. The SMILES string of the molecule is CCS(=O)(=O)CCn1ccc(NCC2CCC=CO2)n1. The van der Waals surface area contributed by atoms with E-state index in [9.17, 15) is 8.42 Å². The second-order valence-electron chi connectivity index (χ2n) is 4.79. The summed E-state index contributed by atoms with van der Waals surface area (Å²) in [6, 6.07) is 1.84. The highest BCUT2D eigenvalue weighted by atomic mass is 32.2. The van der Waals surface area contributed by atoms with Crippen LogP contribution >= 0.6 is 0 Å². The van der Waals surface area contributed by atoms with E-state index in [4.69, 9.17) is 4.74 Å². The van der Waals surface area contributed by atoms with E-state index in [2.05, 4.69) is 10.4 Å². The molecule has 6 nitrogen and oxygen atoms in total. The first-order chi connectivity index (χ1) is 9.59. The van der Waals surface area contributed by atoms with E-state index in [0.29, 0.717) is 13.1 Å². The Hall–Kier alpha value is -1.50. The molecule has 1 unspecified atom stereocenters. The van der Waals surface area contributed by atoms with Gasteiger partial charge in [0.25, 0.3) is 0 Å². The summed E-state index contributed by atoms with van der Waals surface area (Å²) in [4.78, 5) is 0. The molecule has 1 N–H and O–H groups in total. The molecule has 2 rings (SSSR count). The zero-order valence-corrected chi connectivity index (χ0v) is 12.5. The van der Waals surface area contributed by atoms with E-state index in [-0.39, 0.29) is 17.6 Å². The lowest BCUT2D eigenvalue weighted by Crippen LogP contribution is -2.23. The van der Waals surface area contributed by atoms with Gasteiger partial charge in [-0.3, -0.25) is 4.68 Å². The summed E-state index contributed by atoms with van der Waals surface area (Å²) in [6.45, 7) is 2.75. The molecular weight excluding hydrogens is 278 g/mol. The first-order valence-electron chi connectivity index (χ1n) is 6.87. The minimum atomic E-state index is -2.95. The number of nitrogens with zero attached hydrogens (tertiary/aromatic N) is 2. The van der Waals surface area contributed by atoms with Crippen molar-refractivity contribution < 1.29 is 13.2 Å². The normalized spacial score (nSPS) is 18.8. The third kappa shape index (κ3) is 4.56. The number of aromatic nitrogens is 2. The summed E-state index contributed by atoms with van der Waals surface area (Å²) in [5, 5.41) is 7.51. The van der Waals surface area contributed by atoms with Crippen molar-refractivity contribution in [2.75, 3.05) is 23.4 Å². The lowest BCUT2D eigenvalue weighted by molar-refractivity contribution is 0.135. The van der Waals surface area contributed by atoms with Crippen LogP contribution in [0, 0.1) is 0 Å². The van der Waals surface area contributed by atoms with Crippen molar-refractivity contribution in [1.82, 2.24) is 9.78 Å². The minimum Gasteiger partial charge on any atom is -0.497 e. The molecular formula is C13H21N3O3S. The maximum Gasteiger partial charge on any atom is 0.151 e. The second kappa shape index (κ2) is 6.78. The Morgan fingerprint density at radius 1 is 1.55 bits per heavy atom. The molecule has 20 heavy (non-hydrogen) atoms. The zero-order chi connectivity index (χ0) is 14.4. The lowest BCUT2D eigenvalue weighted by Gasteiger charge is -2.19. The van der Waals surface area contributed by atoms with Gasteiger partial charge in [0, 0.05) is 18.0 Å². The Kier molecular flexibility index (Phi) is 5.05. The minimum absolute atomic E-state index is 0.126. The highest BCUT2D eigenvalue weighted by Gasteiger charge is 2.11. The van der Waals surface area contributed by atoms with Gasteiger partial charge in [0.15, 0.2) is 9.84 Å². The molecule has 112 valence electrons. The number of sulfone groups is 1. The standard InChI is InChI=1S/C13H21N3O3S/c1-2-20(17,18)10-8-16-7-6-13(15-16)14-11-12-5-3-4-9-19-12/h4,6-7,9,12H,2-3,5,8,10-11H2,1H3,(H,14,15). The smallest absolute Gasteiger partial charge is 0.151 e. The van der Waals surface area contributed by atoms with Crippen LogP contribution in [0.3, 0.4) is 0 Å². The number of ether oxygens (including phenoxy) is 1. The lowest BCUT2D eigenvalue weighted by atomic mass is 10.1. The van der Waals surface area contributed by atoms with Gasteiger partial charge in [-0.05, 0) is 18.9 Å². The Morgan fingerprint density at radius 3 is 3.10 bits per heavy atom. The van der Waals surface area contributed by atoms with Crippen LogP contribution in [0.2, 0.25) is 0 Å². The average molecular weight is 299 g/mol. The molecule has 1 aromatic heterocycles. The molecule has 1 aromatic rings. The molecule has 2 heterocycles. The largest absolute Gasteiger partial charge is 0.497 e. The molecule has 0 aromatic carbocycles. The summed E-state index contributed by atoms with van der Waals surface area (Å²) < 4.78 is 30.0. The first kappa shape index (κ1) is 14.9. The average Bonchev–Trinajstić information content (AvgIpc) is 2.92. The Labute approximate surface area is 119 Å². The fraction of sp³-hybridized carbons (Fsp3) is 0.615. The number of aryl methyl sites for hydroxylation is 1. The van der Waals surface area contributed by atoms with E-state index < -0.39 is 9.84 Å². The monoisotopic (exact) mass is 299 g/mol. The van der Waals surface area contributed by atoms with Crippen LogP contribution in [-0.4, -0.2) is 42.4 Å². The first-order valence-corrected chi connectivity index (χ1v) is 8.69. The Bertz CT molecular complexity index is 551. The van der Waals surface area contributed by atoms with Gasteiger partial charge >= 0.3 is 0 Å². The summed E-state index contributed by atoms with van der Waals surface area (Å²) in [5.41, 5.74) is 0. The van der Waals surface area contributed by atoms with Crippen molar-refractivity contribution in [3.8, 4) is 0 Å². The molecule has 0 aliphatic carbocycles. The van der Waals surface area contributed by atoms with E-state index >= 15 is 0 Å². The molecule has 7 heteroatoms. The molecule has 0 radical (unpaired) electrons. The van der Waals surface area contributed by atoms with Gasteiger partial charge in [0.1, 0.15) is 11.9 Å². The van der Waals surface area contributed by atoms with Crippen LogP contribution in [0.25, 0.3) is 0 Å². The van der Waals surface area contributed by atoms with Crippen LogP contribution in [0.4, 0.5) is 5.82 Å². The maximum absolute atomic E-state index is 11.4. The molecule has 0 spiro atoms. The van der Waals surface area contributed by atoms with E-state index in [1.807, 2.05) is 12.1 Å². The summed E-state index contributed by atoms with van der Waals surface area (Å²) in [6.07, 6.45) is 7.75. The predicted molar refractivity (Wildman–Crippen MR) is 78.3 cm³/mol. The number of hydrogen-bond acceptors (Lipinski definition) is 5. The van der Waals surface area contributed by atoms with Crippen LogP contribution in [0.15, 0.2) is 24.6 Å². The molecule has 0 fully saturated rings. The highest BCUT2D eigenvalue weighted by Crippen LogP contribution is 2.11. The zero-order valence-electron chi connectivity index (χ0n) is 11.7.